The van der Waals surface area contributed by atoms with Crippen molar-refractivity contribution in [1.82, 2.24) is 0 Å². The third-order valence-corrected chi connectivity index (χ3v) is 6.83. The summed E-state index contributed by atoms with van der Waals surface area (Å²) in [5.41, 5.74) is 3.12. The predicted molar refractivity (Wildman–Crippen MR) is 107 cm³/mol. The maximum Gasteiger partial charge on any atom is 0.201 e. The quantitative estimate of drug-likeness (QED) is 0.348. The minimum atomic E-state index is 0.0919. The van der Waals surface area contributed by atoms with Crippen LogP contribution >= 0.6 is 35.3 Å². The first-order chi connectivity index (χ1) is 11.0. The SMILES string of the molecule is CSC(SC)=C(Sc1ccc(C)cc1)C(=O)c1ccc(C)cc1. The van der Waals surface area contributed by atoms with Crippen LogP contribution in [0.25, 0.3) is 0 Å². The highest BCUT2D eigenvalue weighted by Gasteiger charge is 2.18. The van der Waals surface area contributed by atoms with Crippen molar-refractivity contribution in [3.8, 4) is 0 Å². The standard InChI is InChI=1S/C19H20OS3/c1-13-5-9-15(10-6-13)17(20)18(19(21-3)22-4)23-16-11-7-14(2)8-12-16/h5-12H,1-4H3. The van der Waals surface area contributed by atoms with E-state index in [1.165, 1.54) is 5.56 Å². The zero-order chi connectivity index (χ0) is 16.8. The van der Waals surface area contributed by atoms with Gasteiger partial charge >= 0.3 is 0 Å². The van der Waals surface area contributed by atoms with Gasteiger partial charge < -0.3 is 0 Å². The van der Waals surface area contributed by atoms with Gasteiger partial charge in [-0.25, -0.2) is 0 Å². The van der Waals surface area contributed by atoms with Crippen LogP contribution in [0.4, 0.5) is 0 Å². The van der Waals surface area contributed by atoms with Crippen molar-refractivity contribution in [3.05, 3.63) is 74.4 Å². The summed E-state index contributed by atoms with van der Waals surface area (Å²) in [6.07, 6.45) is 4.04. The lowest BCUT2D eigenvalue weighted by Gasteiger charge is -2.11. The Kier molecular flexibility index (Phi) is 6.88. The van der Waals surface area contributed by atoms with Crippen LogP contribution in [0, 0.1) is 13.8 Å². The Bertz CT molecular complexity index is 694. The van der Waals surface area contributed by atoms with Crippen LogP contribution in [-0.4, -0.2) is 18.3 Å². The molecular formula is C19H20OS3. The molecule has 0 aliphatic carbocycles. The number of carbonyl (C=O) groups is 1. The molecule has 0 aromatic heterocycles. The van der Waals surface area contributed by atoms with Crippen molar-refractivity contribution < 1.29 is 4.79 Å². The van der Waals surface area contributed by atoms with E-state index in [9.17, 15) is 4.79 Å². The van der Waals surface area contributed by atoms with Crippen molar-refractivity contribution in [2.24, 2.45) is 0 Å². The number of carbonyl (C=O) groups excluding carboxylic acids is 1. The Hall–Kier alpha value is -1.10. The van der Waals surface area contributed by atoms with Gasteiger partial charge in [-0.05, 0) is 38.5 Å². The lowest BCUT2D eigenvalue weighted by atomic mass is 10.1. The second-order valence-electron chi connectivity index (χ2n) is 5.14. The number of hydrogen-bond acceptors (Lipinski definition) is 4. The van der Waals surface area contributed by atoms with E-state index in [1.807, 2.05) is 43.7 Å². The van der Waals surface area contributed by atoms with Gasteiger partial charge in [0.25, 0.3) is 0 Å². The molecule has 4 heteroatoms. The van der Waals surface area contributed by atoms with E-state index >= 15 is 0 Å². The molecule has 0 N–H and O–H groups in total. The van der Waals surface area contributed by atoms with E-state index in [1.54, 1.807) is 35.3 Å². The van der Waals surface area contributed by atoms with Crippen LogP contribution in [0.2, 0.25) is 0 Å². The fourth-order valence-corrected chi connectivity index (χ4v) is 4.78. The van der Waals surface area contributed by atoms with Gasteiger partial charge in [-0.2, -0.15) is 0 Å². The van der Waals surface area contributed by atoms with Gasteiger partial charge in [0, 0.05) is 10.5 Å². The average molecular weight is 361 g/mol. The monoisotopic (exact) mass is 360 g/mol. The number of ketones is 1. The molecule has 23 heavy (non-hydrogen) atoms. The van der Waals surface area contributed by atoms with E-state index in [2.05, 4.69) is 31.2 Å². The Morgan fingerprint density at radius 3 is 1.74 bits per heavy atom. The fourth-order valence-electron chi connectivity index (χ4n) is 2.01. The highest BCUT2D eigenvalue weighted by atomic mass is 32.2. The van der Waals surface area contributed by atoms with E-state index in [4.69, 9.17) is 0 Å². The molecule has 0 aliphatic rings. The molecule has 0 aliphatic heterocycles. The maximum atomic E-state index is 13.0. The van der Waals surface area contributed by atoms with Gasteiger partial charge in [-0.3, -0.25) is 4.79 Å². The molecule has 0 saturated heterocycles. The topological polar surface area (TPSA) is 17.1 Å². The normalized spacial score (nSPS) is 10.4. The molecule has 0 saturated carbocycles. The summed E-state index contributed by atoms with van der Waals surface area (Å²) in [6.45, 7) is 4.10. The highest BCUT2D eigenvalue weighted by molar-refractivity contribution is 8.22. The first-order valence-electron chi connectivity index (χ1n) is 7.23. The minimum absolute atomic E-state index is 0.0919. The van der Waals surface area contributed by atoms with Crippen LogP contribution in [0.3, 0.4) is 0 Å². The molecule has 0 fully saturated rings. The Balaban J connectivity index is 2.38. The Morgan fingerprint density at radius 2 is 1.26 bits per heavy atom. The predicted octanol–water partition coefficient (Wildman–Crippen LogP) is 6.17. The molecule has 0 atom stereocenters. The molecule has 0 radical (unpaired) electrons. The van der Waals surface area contributed by atoms with E-state index in [0.29, 0.717) is 0 Å². The Labute approximate surface area is 151 Å². The largest absolute Gasteiger partial charge is 0.288 e. The van der Waals surface area contributed by atoms with Gasteiger partial charge in [0.15, 0.2) is 0 Å². The molecule has 0 heterocycles. The van der Waals surface area contributed by atoms with E-state index in [-0.39, 0.29) is 5.78 Å². The molecule has 1 nitrogen and oxygen atoms in total. The number of aryl methyl sites for hydroxylation is 2. The molecule has 0 bridgehead atoms. The summed E-state index contributed by atoms with van der Waals surface area (Å²) in [5.74, 6) is 0.0919. The molecule has 2 rings (SSSR count). The van der Waals surface area contributed by atoms with Crippen LogP contribution in [0.15, 0.2) is 62.6 Å². The molecule has 0 amide bonds. The number of benzene rings is 2. The number of rotatable bonds is 6. The van der Waals surface area contributed by atoms with Crippen molar-refractivity contribution in [1.29, 1.82) is 0 Å². The van der Waals surface area contributed by atoms with Gasteiger partial charge in [0.1, 0.15) is 0 Å². The summed E-state index contributed by atoms with van der Waals surface area (Å²) < 4.78 is 1.06. The van der Waals surface area contributed by atoms with Crippen LogP contribution in [0.5, 0.6) is 0 Å². The molecule has 0 unspecified atom stereocenters. The number of hydrogen-bond donors (Lipinski definition) is 0. The molecule has 2 aromatic carbocycles. The van der Waals surface area contributed by atoms with Gasteiger partial charge in [-0.15, -0.1) is 23.5 Å². The molecule has 0 spiro atoms. The first-order valence-corrected chi connectivity index (χ1v) is 10.5. The second-order valence-corrected chi connectivity index (χ2v) is 8.11. The van der Waals surface area contributed by atoms with Crippen molar-refractivity contribution in [2.75, 3.05) is 12.5 Å². The van der Waals surface area contributed by atoms with Crippen LogP contribution in [0.1, 0.15) is 21.5 Å². The second kappa shape index (κ2) is 8.67. The van der Waals surface area contributed by atoms with E-state index in [0.717, 1.165) is 25.2 Å². The van der Waals surface area contributed by atoms with Crippen molar-refractivity contribution in [2.45, 2.75) is 18.7 Å². The fraction of sp³-hybridized carbons (Fsp3) is 0.211. The average Bonchev–Trinajstić information content (AvgIpc) is 2.57. The number of thioether (sulfide) groups is 3. The van der Waals surface area contributed by atoms with Crippen molar-refractivity contribution in [3.63, 3.8) is 0 Å². The van der Waals surface area contributed by atoms with Gasteiger partial charge in [0.05, 0.1) is 9.14 Å². The van der Waals surface area contributed by atoms with Crippen molar-refractivity contribution >= 4 is 41.1 Å². The molecule has 2 aromatic rings. The summed E-state index contributed by atoms with van der Waals surface area (Å²) >= 11 is 4.81. The third kappa shape index (κ3) is 4.93. The highest BCUT2D eigenvalue weighted by Crippen LogP contribution is 2.39. The number of Topliss-reactive ketones (excluding diaryl/α,β-unsaturated/α-hetero) is 1. The smallest absolute Gasteiger partial charge is 0.201 e. The van der Waals surface area contributed by atoms with E-state index < -0.39 is 0 Å². The zero-order valence-electron chi connectivity index (χ0n) is 13.8. The first kappa shape index (κ1) is 18.2. The Morgan fingerprint density at radius 1 is 0.783 bits per heavy atom. The molecule has 120 valence electrons. The lowest BCUT2D eigenvalue weighted by Crippen LogP contribution is -2.02. The maximum absolute atomic E-state index is 13.0. The summed E-state index contributed by atoms with van der Waals surface area (Å²) in [6, 6.07) is 16.1. The third-order valence-electron chi connectivity index (χ3n) is 3.32. The van der Waals surface area contributed by atoms with Crippen LogP contribution < -0.4 is 0 Å². The summed E-state index contributed by atoms with van der Waals surface area (Å²) in [7, 11) is 0. The minimum Gasteiger partial charge on any atom is -0.288 e. The number of allylic oxidation sites excluding steroid dienone is 1. The zero-order valence-corrected chi connectivity index (χ0v) is 16.2. The van der Waals surface area contributed by atoms with Gasteiger partial charge in [0.2, 0.25) is 5.78 Å². The summed E-state index contributed by atoms with van der Waals surface area (Å²) in [4.78, 5) is 14.9. The molecular weight excluding hydrogens is 340 g/mol. The van der Waals surface area contributed by atoms with Crippen LogP contribution in [-0.2, 0) is 0 Å². The summed E-state index contributed by atoms with van der Waals surface area (Å²) in [5, 5.41) is 0. The lowest BCUT2D eigenvalue weighted by molar-refractivity contribution is 0.104. The van der Waals surface area contributed by atoms with Gasteiger partial charge in [-0.1, -0.05) is 59.3 Å².